The summed E-state index contributed by atoms with van der Waals surface area (Å²) in [6.07, 6.45) is 1.41. The van der Waals surface area contributed by atoms with Gasteiger partial charge in [-0.2, -0.15) is 5.10 Å². The predicted octanol–water partition coefficient (Wildman–Crippen LogP) is 0.315. The van der Waals surface area contributed by atoms with E-state index in [2.05, 4.69) is 10.2 Å². The summed E-state index contributed by atoms with van der Waals surface area (Å²) in [4.78, 5) is 0. The number of hydrogen-bond donors (Lipinski definition) is 2. The Bertz CT molecular complexity index is 380. The first kappa shape index (κ1) is 10.0. The summed E-state index contributed by atoms with van der Waals surface area (Å²) in [5, 5.41) is 5.82. The molecule has 1 aromatic heterocycles. The summed E-state index contributed by atoms with van der Waals surface area (Å²) in [7, 11) is -3.09. The minimum absolute atomic E-state index is 0.0729. The van der Waals surface area contributed by atoms with E-state index in [1.807, 2.05) is 0 Å². The molecule has 0 saturated heterocycles. The van der Waals surface area contributed by atoms with Crippen LogP contribution in [0.25, 0.3) is 0 Å². The highest BCUT2D eigenvalue weighted by Crippen LogP contribution is 2.13. The molecule has 5 nitrogen and oxygen atoms in total. The quantitative estimate of drug-likeness (QED) is 0.740. The van der Waals surface area contributed by atoms with Crippen LogP contribution >= 0.6 is 0 Å². The standard InChI is InChI=1S/C7H13N3O2S/c1-5(2)13(11,12)4-7-6(8)3-9-10-7/h3,5H,4,8H2,1-2H3,(H,9,10). The number of nitrogens with zero attached hydrogens (tertiary/aromatic N) is 1. The number of anilines is 1. The van der Waals surface area contributed by atoms with Crippen LogP contribution in [0.4, 0.5) is 5.69 Å². The number of nitrogens with two attached hydrogens (primary N) is 1. The van der Waals surface area contributed by atoms with Crippen molar-refractivity contribution in [2.75, 3.05) is 5.73 Å². The second-order valence-electron chi connectivity index (χ2n) is 3.16. The van der Waals surface area contributed by atoms with Gasteiger partial charge in [0.05, 0.1) is 28.6 Å². The van der Waals surface area contributed by atoms with Gasteiger partial charge in [0.15, 0.2) is 9.84 Å². The van der Waals surface area contributed by atoms with E-state index in [9.17, 15) is 8.42 Å². The van der Waals surface area contributed by atoms with Gasteiger partial charge < -0.3 is 5.73 Å². The maximum Gasteiger partial charge on any atom is 0.158 e. The van der Waals surface area contributed by atoms with Crippen LogP contribution in [0.2, 0.25) is 0 Å². The minimum Gasteiger partial charge on any atom is -0.396 e. The van der Waals surface area contributed by atoms with Crippen molar-refractivity contribution >= 4 is 15.5 Å². The van der Waals surface area contributed by atoms with Gasteiger partial charge in [-0.15, -0.1) is 0 Å². The van der Waals surface area contributed by atoms with Gasteiger partial charge in [0, 0.05) is 0 Å². The molecule has 0 saturated carbocycles. The number of nitrogens with one attached hydrogen (secondary N) is 1. The van der Waals surface area contributed by atoms with Crippen LogP contribution in [0.5, 0.6) is 0 Å². The molecule has 0 unspecified atom stereocenters. The smallest absolute Gasteiger partial charge is 0.158 e. The monoisotopic (exact) mass is 203 g/mol. The lowest BCUT2D eigenvalue weighted by Gasteiger charge is -2.05. The Kier molecular flexibility index (Phi) is 2.60. The second-order valence-corrected chi connectivity index (χ2v) is 5.72. The van der Waals surface area contributed by atoms with Crippen molar-refractivity contribution in [3.05, 3.63) is 11.9 Å². The van der Waals surface area contributed by atoms with Crippen LogP contribution in [0, 0.1) is 0 Å². The van der Waals surface area contributed by atoms with Gasteiger partial charge in [0.2, 0.25) is 0 Å². The van der Waals surface area contributed by atoms with Crippen molar-refractivity contribution < 1.29 is 8.42 Å². The molecule has 0 radical (unpaired) electrons. The third-order valence-corrected chi connectivity index (χ3v) is 3.94. The lowest BCUT2D eigenvalue weighted by atomic mass is 10.4. The van der Waals surface area contributed by atoms with E-state index in [0.29, 0.717) is 11.4 Å². The Labute approximate surface area is 77.3 Å². The molecular formula is C7H13N3O2S. The largest absolute Gasteiger partial charge is 0.396 e. The predicted molar refractivity (Wildman–Crippen MR) is 50.8 cm³/mol. The van der Waals surface area contributed by atoms with Crippen LogP contribution in [-0.4, -0.2) is 23.9 Å². The molecule has 74 valence electrons. The average molecular weight is 203 g/mol. The van der Waals surface area contributed by atoms with Crippen molar-refractivity contribution in [3.8, 4) is 0 Å². The van der Waals surface area contributed by atoms with Gasteiger partial charge in [-0.25, -0.2) is 8.42 Å². The lowest BCUT2D eigenvalue weighted by Crippen LogP contribution is -2.16. The first-order valence-corrected chi connectivity index (χ1v) is 5.64. The molecule has 1 aromatic rings. The number of H-pyrrole nitrogens is 1. The first-order valence-electron chi connectivity index (χ1n) is 3.93. The molecule has 1 rings (SSSR count). The number of hydrogen-bond acceptors (Lipinski definition) is 4. The van der Waals surface area contributed by atoms with Gasteiger partial charge in [-0.3, -0.25) is 5.10 Å². The lowest BCUT2D eigenvalue weighted by molar-refractivity contribution is 0.586. The van der Waals surface area contributed by atoms with Gasteiger partial charge in [0.1, 0.15) is 0 Å². The molecular weight excluding hydrogens is 190 g/mol. The Hall–Kier alpha value is -1.04. The molecule has 0 aliphatic carbocycles. The summed E-state index contributed by atoms with van der Waals surface area (Å²) in [5.74, 6) is -0.0729. The highest BCUT2D eigenvalue weighted by molar-refractivity contribution is 7.91. The molecule has 0 fully saturated rings. The molecule has 0 aromatic carbocycles. The van der Waals surface area contributed by atoms with Crippen molar-refractivity contribution in [1.29, 1.82) is 0 Å². The number of aromatic nitrogens is 2. The molecule has 0 amide bonds. The van der Waals surface area contributed by atoms with Gasteiger partial charge in [-0.05, 0) is 13.8 Å². The summed E-state index contributed by atoms with van der Waals surface area (Å²) < 4.78 is 22.9. The molecule has 13 heavy (non-hydrogen) atoms. The zero-order valence-corrected chi connectivity index (χ0v) is 8.43. The van der Waals surface area contributed by atoms with E-state index in [-0.39, 0.29) is 5.75 Å². The molecule has 6 heteroatoms. The fraction of sp³-hybridized carbons (Fsp3) is 0.571. The molecule has 3 N–H and O–H groups in total. The maximum absolute atomic E-state index is 11.4. The number of nitrogen functional groups attached to an aromatic ring is 1. The van der Waals surface area contributed by atoms with E-state index >= 15 is 0 Å². The van der Waals surface area contributed by atoms with Crippen molar-refractivity contribution in [1.82, 2.24) is 10.2 Å². The second kappa shape index (κ2) is 3.37. The zero-order chi connectivity index (χ0) is 10.1. The Morgan fingerprint density at radius 2 is 2.23 bits per heavy atom. The van der Waals surface area contributed by atoms with Crippen LogP contribution in [-0.2, 0) is 15.6 Å². The van der Waals surface area contributed by atoms with E-state index in [1.54, 1.807) is 13.8 Å². The van der Waals surface area contributed by atoms with E-state index in [0.717, 1.165) is 0 Å². The molecule has 0 atom stereocenters. The van der Waals surface area contributed by atoms with E-state index < -0.39 is 15.1 Å². The van der Waals surface area contributed by atoms with Crippen LogP contribution < -0.4 is 5.73 Å². The van der Waals surface area contributed by atoms with Crippen LogP contribution in [0.1, 0.15) is 19.5 Å². The first-order chi connectivity index (χ1) is 5.93. The fourth-order valence-electron chi connectivity index (χ4n) is 0.806. The SMILES string of the molecule is CC(C)S(=O)(=O)Cc1[nH]ncc1N. The maximum atomic E-state index is 11.4. The van der Waals surface area contributed by atoms with Crippen LogP contribution in [0.15, 0.2) is 6.20 Å². The topological polar surface area (TPSA) is 88.8 Å². The van der Waals surface area contributed by atoms with Gasteiger partial charge in [-0.1, -0.05) is 0 Å². The molecule has 0 aliphatic heterocycles. The van der Waals surface area contributed by atoms with E-state index in [4.69, 9.17) is 5.73 Å². The summed E-state index contributed by atoms with van der Waals surface area (Å²) >= 11 is 0. The number of sulfone groups is 1. The Morgan fingerprint density at radius 1 is 1.62 bits per heavy atom. The minimum atomic E-state index is -3.09. The van der Waals surface area contributed by atoms with E-state index in [1.165, 1.54) is 6.20 Å². The Morgan fingerprint density at radius 3 is 2.62 bits per heavy atom. The molecule has 0 spiro atoms. The zero-order valence-electron chi connectivity index (χ0n) is 7.61. The summed E-state index contributed by atoms with van der Waals surface area (Å²) in [6, 6.07) is 0. The third-order valence-electron chi connectivity index (χ3n) is 1.82. The molecule has 0 aliphatic rings. The van der Waals surface area contributed by atoms with Gasteiger partial charge >= 0.3 is 0 Å². The third kappa shape index (κ3) is 2.21. The highest BCUT2D eigenvalue weighted by atomic mass is 32.2. The number of aromatic amines is 1. The van der Waals surface area contributed by atoms with Crippen molar-refractivity contribution in [3.63, 3.8) is 0 Å². The summed E-state index contributed by atoms with van der Waals surface area (Å²) in [6.45, 7) is 3.28. The number of rotatable bonds is 3. The van der Waals surface area contributed by atoms with Gasteiger partial charge in [0.25, 0.3) is 0 Å². The van der Waals surface area contributed by atoms with Crippen molar-refractivity contribution in [2.24, 2.45) is 0 Å². The highest BCUT2D eigenvalue weighted by Gasteiger charge is 2.18. The normalized spacial score (nSPS) is 12.2. The average Bonchev–Trinajstić information content (AvgIpc) is 2.35. The summed E-state index contributed by atoms with van der Waals surface area (Å²) in [5.41, 5.74) is 6.35. The van der Waals surface area contributed by atoms with Crippen molar-refractivity contribution in [2.45, 2.75) is 24.9 Å². The molecule has 0 bridgehead atoms. The fourth-order valence-corrected chi connectivity index (χ4v) is 1.77. The Balaban J connectivity index is 2.88. The van der Waals surface area contributed by atoms with Crippen LogP contribution in [0.3, 0.4) is 0 Å². The molecule has 1 heterocycles.